The summed E-state index contributed by atoms with van der Waals surface area (Å²) in [6.07, 6.45) is 12.4. The lowest BCUT2D eigenvalue weighted by Gasteiger charge is -2.28. The second-order valence-corrected chi connectivity index (χ2v) is 11.0. The molecule has 2 N–H and O–H groups in total. The van der Waals surface area contributed by atoms with Crippen molar-refractivity contribution in [3.05, 3.63) is 108 Å². The largest absolute Gasteiger partial charge is 0.360 e. The third-order valence-electron chi connectivity index (χ3n) is 8.40. The smallest absolute Gasteiger partial charge is 0.251 e. The Hall–Kier alpha value is -4.03. The van der Waals surface area contributed by atoms with Crippen molar-refractivity contribution < 1.29 is 9.18 Å². The van der Waals surface area contributed by atoms with Crippen molar-refractivity contribution >= 4 is 11.5 Å². The molecular weight excluding hydrogens is 487 g/mol. The predicted molar refractivity (Wildman–Crippen MR) is 152 cm³/mol. The van der Waals surface area contributed by atoms with Crippen LogP contribution in [-0.2, 0) is 0 Å². The number of amides is 1. The molecule has 2 aromatic carbocycles. The van der Waals surface area contributed by atoms with E-state index >= 15 is 0 Å². The third-order valence-corrected chi connectivity index (χ3v) is 8.40. The van der Waals surface area contributed by atoms with E-state index in [1.807, 2.05) is 48.8 Å². The van der Waals surface area contributed by atoms with E-state index in [-0.39, 0.29) is 11.7 Å². The van der Waals surface area contributed by atoms with Crippen LogP contribution in [0.4, 0.5) is 4.39 Å². The van der Waals surface area contributed by atoms with Gasteiger partial charge < -0.3 is 10.3 Å². The molecule has 1 saturated heterocycles. The van der Waals surface area contributed by atoms with Crippen LogP contribution in [0.2, 0.25) is 0 Å². The summed E-state index contributed by atoms with van der Waals surface area (Å²) in [4.78, 5) is 22.7. The van der Waals surface area contributed by atoms with Crippen LogP contribution in [0.5, 0.6) is 0 Å². The number of hydrogen-bond acceptors (Lipinski definition) is 3. The van der Waals surface area contributed by atoms with Crippen LogP contribution < -0.4 is 5.32 Å². The zero-order valence-electron chi connectivity index (χ0n) is 21.7. The molecule has 7 rings (SSSR count). The maximum atomic E-state index is 13.7. The van der Waals surface area contributed by atoms with Gasteiger partial charge in [0.05, 0.1) is 5.69 Å². The molecule has 6 heteroatoms. The molecule has 2 aliphatic heterocycles. The molecule has 1 aliphatic carbocycles. The molecule has 1 amide bonds. The van der Waals surface area contributed by atoms with Gasteiger partial charge in [-0.05, 0) is 102 Å². The van der Waals surface area contributed by atoms with Crippen molar-refractivity contribution in [3.8, 4) is 22.4 Å². The fraction of sp³-hybridized carbons (Fsp3) is 0.273. The fourth-order valence-corrected chi connectivity index (χ4v) is 6.15. The van der Waals surface area contributed by atoms with Crippen LogP contribution in [-0.4, -0.2) is 45.9 Å². The minimum absolute atomic E-state index is 0.0389. The minimum Gasteiger partial charge on any atom is -0.360 e. The first-order valence-electron chi connectivity index (χ1n) is 13.9. The predicted octanol–water partition coefficient (Wildman–Crippen LogP) is 6.42. The van der Waals surface area contributed by atoms with Gasteiger partial charge in [0.25, 0.3) is 5.91 Å². The Bertz CT molecular complexity index is 1520. The van der Waals surface area contributed by atoms with Gasteiger partial charge in [0.1, 0.15) is 5.82 Å². The highest BCUT2D eigenvalue weighted by Gasteiger charge is 2.35. The molecule has 0 bridgehead atoms. The number of rotatable bonds is 6. The van der Waals surface area contributed by atoms with E-state index < -0.39 is 0 Å². The van der Waals surface area contributed by atoms with Gasteiger partial charge in [-0.2, -0.15) is 0 Å². The zero-order valence-corrected chi connectivity index (χ0v) is 21.7. The number of halogens is 1. The number of fused-ring (bicyclic) bond motifs is 1. The van der Waals surface area contributed by atoms with E-state index in [4.69, 9.17) is 0 Å². The number of hydrogen-bond donors (Lipinski definition) is 2. The van der Waals surface area contributed by atoms with Gasteiger partial charge in [-0.15, -0.1) is 0 Å². The van der Waals surface area contributed by atoms with Gasteiger partial charge >= 0.3 is 0 Å². The normalized spacial score (nSPS) is 20.9. The molecule has 0 radical (unpaired) electrons. The van der Waals surface area contributed by atoms with E-state index in [1.165, 1.54) is 28.8 Å². The molecule has 2 fully saturated rings. The van der Waals surface area contributed by atoms with E-state index in [2.05, 4.69) is 44.6 Å². The summed E-state index contributed by atoms with van der Waals surface area (Å²) in [5.74, 6) is 0.252. The van der Waals surface area contributed by atoms with Crippen LogP contribution in [0.3, 0.4) is 0 Å². The van der Waals surface area contributed by atoms with Crippen LogP contribution in [0, 0.1) is 5.82 Å². The molecule has 2 atom stereocenters. The number of H-pyrrole nitrogens is 1. The highest BCUT2D eigenvalue weighted by atomic mass is 19.1. The topological polar surface area (TPSA) is 61.0 Å². The molecule has 5 nitrogen and oxygen atoms in total. The van der Waals surface area contributed by atoms with Gasteiger partial charge in [0, 0.05) is 60.5 Å². The summed E-state index contributed by atoms with van der Waals surface area (Å²) in [7, 11) is 0. The highest BCUT2D eigenvalue weighted by molar-refractivity contribution is 5.94. The molecule has 4 heterocycles. The number of aromatic amines is 1. The second kappa shape index (κ2) is 9.93. The van der Waals surface area contributed by atoms with Crippen molar-refractivity contribution in [2.45, 2.75) is 43.7 Å². The Morgan fingerprint density at radius 3 is 2.49 bits per heavy atom. The van der Waals surface area contributed by atoms with Crippen molar-refractivity contribution in [1.29, 1.82) is 0 Å². The number of carbonyl (C=O) groups is 1. The summed E-state index contributed by atoms with van der Waals surface area (Å²) in [6, 6.07) is 19.7. The monoisotopic (exact) mass is 518 g/mol. The van der Waals surface area contributed by atoms with Crippen LogP contribution in [0.15, 0.2) is 85.3 Å². The molecule has 196 valence electrons. The minimum atomic E-state index is -0.238. The summed E-state index contributed by atoms with van der Waals surface area (Å²) in [5, 5.41) is 3.07. The molecule has 0 unspecified atom stereocenters. The van der Waals surface area contributed by atoms with Crippen LogP contribution >= 0.6 is 0 Å². The number of pyridine rings is 1. The van der Waals surface area contributed by atoms with Crippen molar-refractivity contribution in [2.24, 2.45) is 0 Å². The average molecular weight is 519 g/mol. The lowest BCUT2D eigenvalue weighted by atomic mass is 9.90. The van der Waals surface area contributed by atoms with Crippen molar-refractivity contribution in [3.63, 3.8) is 0 Å². The first kappa shape index (κ1) is 24.0. The number of aromatic nitrogens is 2. The maximum Gasteiger partial charge on any atom is 0.251 e. The standard InChI is InChI=1S/C33H31FN4O/c34-27-7-5-23(6-8-27)32-31(22-11-14-35-15-12-22)30(19-36-32)25-13-16-38-20-26(18-29(38)17-25)21-1-3-24(4-2-21)33(39)37-28-9-10-28/h1-8,11-12,14-15,17,19,26,28-29,36H,9-10,13,16,18,20H2,(H,37,39)/t26-,29-/m1/s1. The van der Waals surface area contributed by atoms with E-state index in [0.29, 0.717) is 18.0 Å². The first-order valence-corrected chi connectivity index (χ1v) is 13.9. The van der Waals surface area contributed by atoms with Crippen LogP contribution in [0.1, 0.15) is 53.1 Å². The number of carbonyl (C=O) groups excluding carboxylic acids is 1. The number of nitrogens with zero attached hydrogens (tertiary/aromatic N) is 2. The molecule has 2 aromatic heterocycles. The Kier molecular flexibility index (Phi) is 6.12. The Morgan fingerprint density at radius 1 is 0.974 bits per heavy atom. The maximum absolute atomic E-state index is 13.7. The van der Waals surface area contributed by atoms with Gasteiger partial charge in [-0.1, -0.05) is 18.2 Å². The van der Waals surface area contributed by atoms with Gasteiger partial charge in [-0.25, -0.2) is 4.39 Å². The zero-order chi connectivity index (χ0) is 26.3. The summed E-state index contributed by atoms with van der Waals surface area (Å²) in [6.45, 7) is 2.05. The lowest BCUT2D eigenvalue weighted by Crippen LogP contribution is -2.32. The van der Waals surface area contributed by atoms with Crippen LogP contribution in [0.25, 0.3) is 28.0 Å². The molecule has 3 aliphatic rings. The van der Waals surface area contributed by atoms with E-state index in [1.54, 1.807) is 0 Å². The van der Waals surface area contributed by atoms with Gasteiger partial charge in [0.15, 0.2) is 0 Å². The number of benzene rings is 2. The highest BCUT2D eigenvalue weighted by Crippen LogP contribution is 2.42. The quantitative estimate of drug-likeness (QED) is 0.310. The molecule has 39 heavy (non-hydrogen) atoms. The Morgan fingerprint density at radius 2 is 1.74 bits per heavy atom. The Balaban J connectivity index is 1.15. The molecule has 0 spiro atoms. The molecular formula is C33H31FN4O. The van der Waals surface area contributed by atoms with Crippen molar-refractivity contribution in [2.75, 3.05) is 13.1 Å². The van der Waals surface area contributed by atoms with Gasteiger partial charge in [-0.3, -0.25) is 14.7 Å². The Labute approximate surface area is 227 Å². The lowest BCUT2D eigenvalue weighted by molar-refractivity contribution is 0.0951. The average Bonchev–Trinajstić information content (AvgIpc) is 3.51. The van der Waals surface area contributed by atoms with E-state index in [9.17, 15) is 9.18 Å². The summed E-state index contributed by atoms with van der Waals surface area (Å²) < 4.78 is 13.7. The van der Waals surface area contributed by atoms with Crippen molar-refractivity contribution in [1.82, 2.24) is 20.2 Å². The third kappa shape index (κ3) is 4.81. The summed E-state index contributed by atoms with van der Waals surface area (Å²) >= 11 is 0. The SMILES string of the molecule is O=C(NC1CC1)c1ccc([C@@H]2C[C@H]3C=C(c4c[nH]c(-c5ccc(F)cc5)c4-c4ccncc4)CCN3C2)cc1. The summed E-state index contributed by atoms with van der Waals surface area (Å²) in [5.41, 5.74) is 8.79. The second-order valence-electron chi connectivity index (χ2n) is 11.0. The van der Waals surface area contributed by atoms with E-state index in [0.717, 1.165) is 66.7 Å². The van der Waals surface area contributed by atoms with Gasteiger partial charge in [0.2, 0.25) is 0 Å². The molecule has 1 saturated carbocycles. The number of nitrogens with one attached hydrogen (secondary N) is 2. The fourth-order valence-electron chi connectivity index (χ4n) is 6.15. The molecule has 4 aromatic rings. The first-order chi connectivity index (χ1) is 19.1.